The van der Waals surface area contributed by atoms with Crippen molar-refractivity contribution >= 4 is 27.2 Å². The lowest BCUT2D eigenvalue weighted by Crippen LogP contribution is -2.21. The Labute approximate surface area is 187 Å². The van der Waals surface area contributed by atoms with Gasteiger partial charge in [-0.05, 0) is 47.5 Å². The minimum Gasteiger partial charge on any atom is -0.482 e. The summed E-state index contributed by atoms with van der Waals surface area (Å²) in [6, 6.07) is 14.0. The number of alkyl halides is 3. The predicted molar refractivity (Wildman–Crippen MR) is 119 cm³/mol. The molecule has 33 heavy (non-hydrogen) atoms. The van der Waals surface area contributed by atoms with E-state index in [2.05, 4.69) is 15.3 Å². The molecular formula is C21H20F3N5O3S. The summed E-state index contributed by atoms with van der Waals surface area (Å²) >= 11 is 0. The number of hydrogen-bond donors (Lipinski definition) is 4. The van der Waals surface area contributed by atoms with Crippen LogP contribution in [-0.2, 0) is 9.84 Å². The zero-order valence-electron chi connectivity index (χ0n) is 17.3. The van der Waals surface area contributed by atoms with Crippen molar-refractivity contribution in [2.24, 2.45) is 4.99 Å². The molecule has 0 aliphatic rings. The van der Waals surface area contributed by atoms with Gasteiger partial charge in [-0.3, -0.25) is 5.41 Å². The second-order valence-corrected chi connectivity index (χ2v) is 9.02. The minimum absolute atomic E-state index is 0.0427. The van der Waals surface area contributed by atoms with Crippen molar-refractivity contribution in [1.29, 1.82) is 5.41 Å². The van der Waals surface area contributed by atoms with E-state index in [4.69, 9.17) is 15.9 Å². The van der Waals surface area contributed by atoms with Gasteiger partial charge in [0.25, 0.3) is 0 Å². The molecule has 0 spiro atoms. The van der Waals surface area contributed by atoms with Gasteiger partial charge in [0.05, 0.1) is 10.6 Å². The highest BCUT2D eigenvalue weighted by Crippen LogP contribution is 2.30. The Hall–Kier alpha value is -3.80. The van der Waals surface area contributed by atoms with Crippen LogP contribution in [0.15, 0.2) is 70.7 Å². The number of aromatic nitrogens is 1. The van der Waals surface area contributed by atoms with E-state index in [0.29, 0.717) is 11.2 Å². The van der Waals surface area contributed by atoms with Gasteiger partial charge in [0.2, 0.25) is 5.96 Å². The fourth-order valence-electron chi connectivity index (χ4n) is 2.73. The Morgan fingerprint density at radius 2 is 1.79 bits per heavy atom. The SMILES string of the molecule is CS(=O)(=O)c1ccc(NC(=N)/N=c2/ccc(-c3ccc(N)cc3)c[nH]2)c(OCC(F)(F)F)c1. The summed E-state index contributed by atoms with van der Waals surface area (Å²) in [7, 11) is -3.68. The quantitative estimate of drug-likeness (QED) is 0.252. The number of ether oxygens (including phenoxy) is 1. The summed E-state index contributed by atoms with van der Waals surface area (Å²) in [5.74, 6) is -0.784. The van der Waals surface area contributed by atoms with Gasteiger partial charge < -0.3 is 20.8 Å². The number of nitrogens with two attached hydrogens (primary N) is 1. The molecule has 0 unspecified atom stereocenters. The van der Waals surface area contributed by atoms with E-state index in [0.717, 1.165) is 23.4 Å². The van der Waals surface area contributed by atoms with Gasteiger partial charge in [-0.25, -0.2) is 8.42 Å². The maximum absolute atomic E-state index is 12.6. The molecule has 3 aromatic rings. The Bertz CT molecular complexity index is 1310. The van der Waals surface area contributed by atoms with Crippen molar-refractivity contribution in [2.45, 2.75) is 11.1 Å². The summed E-state index contributed by atoms with van der Waals surface area (Å²) in [6.07, 6.45) is -2.03. The summed E-state index contributed by atoms with van der Waals surface area (Å²) in [4.78, 5) is 6.72. The van der Waals surface area contributed by atoms with E-state index in [1.165, 1.54) is 12.1 Å². The number of nitrogens with zero attached hydrogens (tertiary/aromatic N) is 1. The standard InChI is InChI=1S/C21H20F3N5O3S/c1-33(30,31)16-7-8-17(18(10-16)32-12-21(22,23)24)28-20(26)29-19-9-4-14(11-27-19)13-2-5-15(25)6-3-13/h2-11H,12,25H2,1H3,(H3,26,27,28,29). The van der Waals surface area contributed by atoms with Gasteiger partial charge in [-0.2, -0.15) is 18.2 Å². The summed E-state index contributed by atoms with van der Waals surface area (Å²) in [5.41, 5.74) is 8.34. The highest BCUT2D eigenvalue weighted by Gasteiger charge is 2.29. The number of anilines is 2. The van der Waals surface area contributed by atoms with Crippen molar-refractivity contribution in [3.05, 3.63) is 66.3 Å². The van der Waals surface area contributed by atoms with Gasteiger partial charge in [0, 0.05) is 24.2 Å². The van der Waals surface area contributed by atoms with E-state index >= 15 is 0 Å². The van der Waals surface area contributed by atoms with Crippen LogP contribution >= 0.6 is 0 Å². The Morgan fingerprint density at radius 1 is 1.12 bits per heavy atom. The smallest absolute Gasteiger partial charge is 0.422 e. The number of guanidine groups is 1. The van der Waals surface area contributed by atoms with Gasteiger partial charge in [0.15, 0.2) is 16.4 Å². The molecule has 0 bridgehead atoms. The third-order valence-electron chi connectivity index (χ3n) is 4.30. The number of sulfone groups is 1. The van der Waals surface area contributed by atoms with Gasteiger partial charge in [0.1, 0.15) is 11.2 Å². The van der Waals surface area contributed by atoms with E-state index in [-0.39, 0.29) is 16.3 Å². The van der Waals surface area contributed by atoms with Crippen LogP contribution in [-0.4, -0.2) is 38.4 Å². The molecule has 0 aliphatic carbocycles. The number of H-pyrrole nitrogens is 1. The first-order valence-electron chi connectivity index (χ1n) is 9.39. The molecule has 3 rings (SSSR count). The number of rotatable bonds is 5. The van der Waals surface area contributed by atoms with Crippen LogP contribution < -0.4 is 21.3 Å². The van der Waals surface area contributed by atoms with E-state index < -0.39 is 28.6 Å². The van der Waals surface area contributed by atoms with Crippen molar-refractivity contribution < 1.29 is 26.3 Å². The van der Waals surface area contributed by atoms with Crippen molar-refractivity contribution in [2.75, 3.05) is 23.9 Å². The van der Waals surface area contributed by atoms with Crippen LogP contribution in [0.2, 0.25) is 0 Å². The molecule has 0 atom stereocenters. The molecule has 1 heterocycles. The fourth-order valence-corrected chi connectivity index (χ4v) is 3.37. The largest absolute Gasteiger partial charge is 0.482 e. The van der Waals surface area contributed by atoms with Crippen LogP contribution in [0, 0.1) is 5.41 Å². The molecule has 1 aromatic heterocycles. The highest BCUT2D eigenvalue weighted by molar-refractivity contribution is 7.90. The van der Waals surface area contributed by atoms with Crippen LogP contribution in [0.25, 0.3) is 11.1 Å². The normalized spacial score (nSPS) is 12.4. The van der Waals surface area contributed by atoms with Crippen LogP contribution in [0.1, 0.15) is 0 Å². The summed E-state index contributed by atoms with van der Waals surface area (Å²) < 4.78 is 66.0. The first kappa shape index (κ1) is 23.9. The number of benzene rings is 2. The molecule has 12 heteroatoms. The molecule has 0 aliphatic heterocycles. The third-order valence-corrected chi connectivity index (χ3v) is 5.41. The second kappa shape index (κ2) is 9.36. The lowest BCUT2D eigenvalue weighted by Gasteiger charge is -2.15. The lowest BCUT2D eigenvalue weighted by molar-refractivity contribution is -0.153. The highest BCUT2D eigenvalue weighted by atomic mass is 32.2. The maximum Gasteiger partial charge on any atom is 0.422 e. The molecule has 0 amide bonds. The molecule has 0 fully saturated rings. The minimum atomic E-state index is -4.63. The molecule has 2 aromatic carbocycles. The van der Waals surface area contributed by atoms with Crippen molar-refractivity contribution in [1.82, 2.24) is 4.98 Å². The monoisotopic (exact) mass is 479 g/mol. The van der Waals surface area contributed by atoms with Crippen LogP contribution in [0.3, 0.4) is 0 Å². The number of hydrogen-bond acceptors (Lipinski definition) is 5. The fraction of sp³-hybridized carbons (Fsp3) is 0.143. The molecule has 174 valence electrons. The average Bonchev–Trinajstić information content (AvgIpc) is 2.73. The number of halogens is 3. The Morgan fingerprint density at radius 3 is 2.36 bits per heavy atom. The number of nitrogen functional groups attached to an aromatic ring is 1. The van der Waals surface area contributed by atoms with E-state index in [1.807, 2.05) is 12.1 Å². The zero-order chi connectivity index (χ0) is 24.2. The van der Waals surface area contributed by atoms with Crippen molar-refractivity contribution in [3.8, 4) is 16.9 Å². The molecule has 0 radical (unpaired) electrons. The second-order valence-electron chi connectivity index (χ2n) is 7.00. The molecule has 0 saturated heterocycles. The third kappa shape index (κ3) is 6.84. The molecule has 5 N–H and O–H groups in total. The lowest BCUT2D eigenvalue weighted by atomic mass is 10.1. The van der Waals surface area contributed by atoms with Crippen LogP contribution in [0.4, 0.5) is 24.5 Å². The Kier molecular flexibility index (Phi) is 6.77. The van der Waals surface area contributed by atoms with Gasteiger partial charge in [-0.15, -0.1) is 0 Å². The number of aromatic amines is 1. The molecular weight excluding hydrogens is 459 g/mol. The summed E-state index contributed by atoms with van der Waals surface area (Å²) in [5, 5.41) is 10.5. The predicted octanol–water partition coefficient (Wildman–Crippen LogP) is 3.56. The van der Waals surface area contributed by atoms with Crippen molar-refractivity contribution in [3.63, 3.8) is 0 Å². The first-order valence-corrected chi connectivity index (χ1v) is 11.3. The number of pyridine rings is 1. The topological polar surface area (TPSA) is 133 Å². The van der Waals surface area contributed by atoms with E-state index in [1.54, 1.807) is 30.5 Å². The van der Waals surface area contributed by atoms with Crippen LogP contribution in [0.5, 0.6) is 5.75 Å². The molecule has 0 saturated carbocycles. The average molecular weight is 479 g/mol. The number of nitrogens with one attached hydrogen (secondary N) is 3. The van der Waals surface area contributed by atoms with E-state index in [9.17, 15) is 21.6 Å². The van der Waals surface area contributed by atoms with Gasteiger partial charge in [-0.1, -0.05) is 12.1 Å². The zero-order valence-corrected chi connectivity index (χ0v) is 18.1. The first-order chi connectivity index (χ1) is 15.4. The van der Waals surface area contributed by atoms with Gasteiger partial charge >= 0.3 is 6.18 Å². The molecule has 8 nitrogen and oxygen atoms in total. The maximum atomic E-state index is 12.6. The summed E-state index contributed by atoms with van der Waals surface area (Å²) in [6.45, 7) is -1.63. The Balaban J connectivity index is 1.82.